The lowest BCUT2D eigenvalue weighted by molar-refractivity contribution is -0.141. The molecule has 206 valence electrons. The Morgan fingerprint density at radius 1 is 1.08 bits per heavy atom. The largest absolute Gasteiger partial charge is 0.506 e. The van der Waals surface area contributed by atoms with Gasteiger partial charge in [0.1, 0.15) is 11.6 Å². The van der Waals surface area contributed by atoms with E-state index in [-0.39, 0.29) is 38.1 Å². The number of alkyl carbamates (subject to hydrolysis) is 1. The molecule has 1 aromatic rings. The molecule has 37 heavy (non-hydrogen) atoms. The molecule has 1 aliphatic heterocycles. The summed E-state index contributed by atoms with van der Waals surface area (Å²) >= 11 is 0. The standard InChI is InChI=1S/C27H40N2O8/c1-26(2,3)36-19-15-21(24(32)35-17-18-11-9-8-10-12-18)29(16-19)23(31)20(13-14-22(30)34-7)28-25(33)37-27(4,5)6/h8-12,19-21H,13-17H2,1-7H3,(H,28,33)/p+1/t19-,20+,21+/m1/s1. The first-order valence-corrected chi connectivity index (χ1v) is 12.5. The van der Waals surface area contributed by atoms with Crippen molar-refractivity contribution in [3.63, 3.8) is 0 Å². The summed E-state index contributed by atoms with van der Waals surface area (Å²) in [5.74, 6) is -1.33. The zero-order valence-electron chi connectivity index (χ0n) is 22.9. The molecule has 1 saturated heterocycles. The Bertz CT molecular complexity index is 936. The lowest BCUT2D eigenvalue weighted by Gasteiger charge is -2.28. The highest BCUT2D eigenvalue weighted by atomic mass is 16.6. The fourth-order valence-electron chi connectivity index (χ4n) is 3.96. The summed E-state index contributed by atoms with van der Waals surface area (Å²) in [6.07, 6.45) is -0.963. The Labute approximate surface area is 218 Å². The normalized spacial score (nSPS) is 18.6. The molecule has 0 aromatic heterocycles. The summed E-state index contributed by atoms with van der Waals surface area (Å²) in [6.45, 7) is 11.1. The summed E-state index contributed by atoms with van der Waals surface area (Å²) < 4.78 is 21.8. The maximum Gasteiger partial charge on any atom is 0.506 e. The van der Waals surface area contributed by atoms with Gasteiger partial charge in [-0.15, -0.1) is 0 Å². The lowest BCUT2D eigenvalue weighted by Crippen LogP contribution is -2.53. The average molecular weight is 522 g/mol. The van der Waals surface area contributed by atoms with E-state index < -0.39 is 41.3 Å². The number of nitrogens with one attached hydrogen (secondary N) is 1. The van der Waals surface area contributed by atoms with Crippen molar-refractivity contribution in [1.29, 1.82) is 0 Å². The Hall–Kier alpha value is -3.14. The molecule has 1 aromatic carbocycles. The fraction of sp³-hybridized carbons (Fsp3) is 0.630. The second-order valence-electron chi connectivity index (χ2n) is 11.0. The van der Waals surface area contributed by atoms with Gasteiger partial charge in [0.05, 0.1) is 18.8 Å². The highest BCUT2D eigenvalue weighted by Crippen LogP contribution is 2.27. The zero-order chi connectivity index (χ0) is 27.8. The summed E-state index contributed by atoms with van der Waals surface area (Å²) in [6, 6.07) is 7.45. The van der Waals surface area contributed by atoms with Crippen LogP contribution in [0.4, 0.5) is 4.79 Å². The van der Waals surface area contributed by atoms with Gasteiger partial charge in [0.15, 0.2) is 6.04 Å². The number of carbonyl (C=O) groups excluding carboxylic acids is 4. The molecule has 1 aliphatic rings. The number of benzene rings is 1. The van der Waals surface area contributed by atoms with Crippen molar-refractivity contribution in [3.8, 4) is 0 Å². The van der Waals surface area contributed by atoms with Crippen LogP contribution < -0.4 is 5.32 Å². The van der Waals surface area contributed by atoms with Crippen LogP contribution in [0.5, 0.6) is 0 Å². The van der Waals surface area contributed by atoms with E-state index in [0.29, 0.717) is 6.42 Å². The van der Waals surface area contributed by atoms with Crippen LogP contribution >= 0.6 is 0 Å². The molecule has 1 fully saturated rings. The SMILES string of the molecule is COC(=O)CC[C@H](NC(=O)OC(C)(C)C)C(=O)N1C[C@H](OC(C)(C)C)C[C@H]1C(=[OH+])OCc1ccccc1. The zero-order valence-corrected chi connectivity index (χ0v) is 22.9. The van der Waals surface area contributed by atoms with Crippen LogP contribution in [0, 0.1) is 0 Å². The van der Waals surface area contributed by atoms with Crippen molar-refractivity contribution in [1.82, 2.24) is 10.2 Å². The summed E-state index contributed by atoms with van der Waals surface area (Å²) in [7, 11) is 1.25. The molecule has 2 N–H and O–H groups in total. The Morgan fingerprint density at radius 2 is 1.73 bits per heavy atom. The van der Waals surface area contributed by atoms with Crippen molar-refractivity contribution in [2.45, 2.75) is 96.8 Å². The molecular formula is C27H41N2O8+. The Balaban J connectivity index is 2.24. The fourth-order valence-corrected chi connectivity index (χ4v) is 3.96. The van der Waals surface area contributed by atoms with Gasteiger partial charge in [0.25, 0.3) is 0 Å². The summed E-state index contributed by atoms with van der Waals surface area (Å²) in [5, 5.41) is 2.58. The van der Waals surface area contributed by atoms with Gasteiger partial charge in [0.2, 0.25) is 12.5 Å². The van der Waals surface area contributed by atoms with Crippen LogP contribution in [0.3, 0.4) is 0 Å². The van der Waals surface area contributed by atoms with E-state index in [1.54, 1.807) is 20.8 Å². The second kappa shape index (κ2) is 12.9. The predicted molar refractivity (Wildman–Crippen MR) is 137 cm³/mol. The van der Waals surface area contributed by atoms with E-state index >= 15 is 0 Å². The van der Waals surface area contributed by atoms with Crippen LogP contribution in [0.25, 0.3) is 0 Å². The maximum atomic E-state index is 13.7. The number of rotatable bonds is 9. The van der Waals surface area contributed by atoms with Crippen LogP contribution in [-0.2, 0) is 35.1 Å². The van der Waals surface area contributed by atoms with Crippen molar-refractivity contribution < 1.29 is 38.1 Å². The number of methoxy groups -OCH3 is 1. The number of esters is 2. The number of amides is 2. The maximum absolute atomic E-state index is 13.7. The highest BCUT2D eigenvalue weighted by Gasteiger charge is 2.47. The minimum absolute atomic E-state index is 0.00953. The number of hydrogen-bond donors (Lipinski definition) is 1. The van der Waals surface area contributed by atoms with Gasteiger partial charge in [-0.3, -0.25) is 9.59 Å². The van der Waals surface area contributed by atoms with Crippen molar-refractivity contribution in [3.05, 3.63) is 35.9 Å². The third kappa shape index (κ3) is 10.4. The molecular weight excluding hydrogens is 480 g/mol. The molecule has 0 spiro atoms. The van der Waals surface area contributed by atoms with Gasteiger partial charge in [-0.05, 0) is 48.0 Å². The van der Waals surface area contributed by atoms with E-state index in [0.717, 1.165) is 5.56 Å². The van der Waals surface area contributed by atoms with E-state index in [1.807, 2.05) is 51.1 Å². The van der Waals surface area contributed by atoms with Gasteiger partial charge in [-0.2, -0.15) is 0 Å². The van der Waals surface area contributed by atoms with Crippen molar-refractivity contribution in [2.75, 3.05) is 13.7 Å². The Kier molecular flexibility index (Phi) is 10.5. The number of nitrogens with zero attached hydrogens (tertiary/aromatic N) is 1. The van der Waals surface area contributed by atoms with Crippen LogP contribution in [0.1, 0.15) is 66.4 Å². The summed E-state index contributed by atoms with van der Waals surface area (Å²) in [4.78, 5) is 50.3. The summed E-state index contributed by atoms with van der Waals surface area (Å²) in [5.41, 5.74) is -0.400. The predicted octanol–water partition coefficient (Wildman–Crippen LogP) is 3.34. The second-order valence-corrected chi connectivity index (χ2v) is 11.0. The van der Waals surface area contributed by atoms with Crippen molar-refractivity contribution in [2.24, 2.45) is 0 Å². The molecule has 3 atom stereocenters. The first-order chi connectivity index (χ1) is 17.2. The number of hydrogen-bond acceptors (Lipinski definition) is 7. The smallest absolute Gasteiger partial charge is 0.469 e. The van der Waals surface area contributed by atoms with Crippen LogP contribution in [0.2, 0.25) is 0 Å². The molecule has 10 heteroatoms. The quantitative estimate of drug-likeness (QED) is 0.300. The molecule has 0 radical (unpaired) electrons. The number of ether oxygens (including phenoxy) is 4. The average Bonchev–Trinajstić information content (AvgIpc) is 3.21. The van der Waals surface area contributed by atoms with E-state index in [9.17, 15) is 19.2 Å². The topological polar surface area (TPSA) is 125 Å². The molecule has 10 nitrogen and oxygen atoms in total. The van der Waals surface area contributed by atoms with Gasteiger partial charge >= 0.3 is 18.0 Å². The Morgan fingerprint density at radius 3 is 2.30 bits per heavy atom. The first kappa shape index (κ1) is 30.1. The monoisotopic (exact) mass is 521 g/mol. The lowest BCUT2D eigenvalue weighted by atomic mass is 10.1. The van der Waals surface area contributed by atoms with Crippen LogP contribution in [0.15, 0.2) is 30.3 Å². The third-order valence-corrected chi connectivity index (χ3v) is 5.43. The number of likely N-dealkylation sites (tertiary alicyclic amines) is 1. The minimum Gasteiger partial charge on any atom is -0.469 e. The molecule has 2 amide bonds. The molecule has 0 aliphatic carbocycles. The third-order valence-electron chi connectivity index (χ3n) is 5.43. The van der Waals surface area contributed by atoms with Crippen LogP contribution in [-0.4, -0.2) is 76.7 Å². The van der Waals surface area contributed by atoms with E-state index in [2.05, 4.69) is 5.32 Å². The molecule has 0 unspecified atom stereocenters. The molecule has 0 saturated carbocycles. The molecule has 0 bridgehead atoms. The minimum atomic E-state index is -1.09. The van der Waals surface area contributed by atoms with Gasteiger partial charge in [-0.1, -0.05) is 30.3 Å². The highest BCUT2D eigenvalue weighted by molar-refractivity contribution is 5.91. The van der Waals surface area contributed by atoms with Gasteiger partial charge in [-0.25, -0.2) is 4.79 Å². The first-order valence-electron chi connectivity index (χ1n) is 12.5. The van der Waals surface area contributed by atoms with E-state index in [1.165, 1.54) is 12.0 Å². The molecule has 2 rings (SSSR count). The molecule has 1 heterocycles. The van der Waals surface area contributed by atoms with E-state index in [4.69, 9.17) is 18.9 Å². The van der Waals surface area contributed by atoms with Crippen molar-refractivity contribution >= 4 is 23.9 Å². The van der Waals surface area contributed by atoms with Gasteiger partial charge in [0, 0.05) is 24.9 Å². The number of carbonyl (C=O) groups is 3. The van der Waals surface area contributed by atoms with Gasteiger partial charge < -0.3 is 34.0 Å².